The molecule has 1 aliphatic heterocycles. The largest absolute Gasteiger partial charge is 0.478 e. The highest BCUT2D eigenvalue weighted by Crippen LogP contribution is 2.01. The van der Waals surface area contributed by atoms with Gasteiger partial charge in [0.1, 0.15) is 0 Å². The molecular formula is C5H4N2O2. The molecule has 0 fully saturated rings. The first-order valence-electron chi connectivity index (χ1n) is 2.37. The van der Waals surface area contributed by atoms with Gasteiger partial charge in [0.15, 0.2) is 12.4 Å². The van der Waals surface area contributed by atoms with E-state index in [2.05, 4.69) is 4.79 Å². The minimum absolute atomic E-state index is 0.0569. The van der Waals surface area contributed by atoms with E-state index in [1.807, 2.05) is 0 Å². The number of nitrogens with zero attached hydrogens (tertiary/aromatic N) is 2. The van der Waals surface area contributed by atoms with Crippen LogP contribution < -0.4 is 0 Å². The predicted molar refractivity (Wildman–Crippen MR) is 28.7 cm³/mol. The van der Waals surface area contributed by atoms with Gasteiger partial charge >= 0.3 is 6.21 Å². The molecule has 0 unspecified atom stereocenters. The van der Waals surface area contributed by atoms with E-state index in [1.165, 1.54) is 6.08 Å². The van der Waals surface area contributed by atoms with Crippen molar-refractivity contribution in [2.24, 2.45) is 0 Å². The maximum absolute atomic E-state index is 10.4. The van der Waals surface area contributed by atoms with Gasteiger partial charge in [-0.1, -0.05) is 0 Å². The lowest BCUT2D eigenvalue weighted by atomic mass is 10.4. The minimum atomic E-state index is -0.107. The molecule has 0 saturated carbocycles. The van der Waals surface area contributed by atoms with Crippen LogP contribution in [0, 0.1) is 0 Å². The van der Waals surface area contributed by atoms with Gasteiger partial charge < -0.3 is 10.3 Å². The van der Waals surface area contributed by atoms with E-state index in [4.69, 9.17) is 10.3 Å². The van der Waals surface area contributed by atoms with Gasteiger partial charge in [-0.05, 0) is 0 Å². The van der Waals surface area contributed by atoms with Crippen LogP contribution in [0.2, 0.25) is 0 Å². The fraction of sp³-hybridized carbons (Fsp3) is 0.200. The summed E-state index contributed by atoms with van der Waals surface area (Å²) in [5.74, 6) is 0.201. The van der Waals surface area contributed by atoms with E-state index >= 15 is 0 Å². The second kappa shape index (κ2) is 2.24. The fourth-order valence-corrected chi connectivity index (χ4v) is 0.528. The summed E-state index contributed by atoms with van der Waals surface area (Å²) in [7, 11) is 0. The summed E-state index contributed by atoms with van der Waals surface area (Å²) in [6, 6.07) is 0. The van der Waals surface area contributed by atoms with Crippen molar-refractivity contribution in [3.63, 3.8) is 0 Å². The summed E-state index contributed by atoms with van der Waals surface area (Å²) in [5.41, 5.74) is 7.95. The van der Waals surface area contributed by atoms with Gasteiger partial charge in [-0.15, -0.1) is 0 Å². The molecule has 0 bridgehead atoms. The molecule has 0 aromatic rings. The molecule has 0 atom stereocenters. The van der Waals surface area contributed by atoms with Gasteiger partial charge in [0.05, 0.1) is 0 Å². The standard InChI is InChI=1S/C5H4N2O2/c6-7-2-5-1-4(8)3-9-5/h1-2H,3H2. The van der Waals surface area contributed by atoms with Gasteiger partial charge in [0, 0.05) is 6.08 Å². The quantitative estimate of drug-likeness (QED) is 0.275. The molecule has 0 spiro atoms. The Hall–Kier alpha value is -1.41. The number of carbonyl (C=O) groups is 1. The number of hydrogen-bond donors (Lipinski definition) is 0. The molecule has 0 amide bonds. The summed E-state index contributed by atoms with van der Waals surface area (Å²) in [6.07, 6.45) is 2.35. The van der Waals surface area contributed by atoms with E-state index < -0.39 is 0 Å². The third-order valence-electron chi connectivity index (χ3n) is 0.869. The van der Waals surface area contributed by atoms with Gasteiger partial charge in [0.2, 0.25) is 5.76 Å². The van der Waals surface area contributed by atoms with Crippen molar-refractivity contribution in [3.05, 3.63) is 17.4 Å². The topological polar surface area (TPSA) is 62.7 Å². The number of carbonyl (C=O) groups excluding carboxylic acids is 1. The molecular weight excluding hydrogens is 120 g/mol. The molecule has 0 aliphatic carbocycles. The smallest absolute Gasteiger partial charge is 0.322 e. The van der Waals surface area contributed by atoms with Crippen LogP contribution in [0.5, 0.6) is 0 Å². The Morgan fingerprint density at radius 1 is 1.89 bits per heavy atom. The zero-order valence-corrected chi connectivity index (χ0v) is 4.57. The molecule has 0 radical (unpaired) electrons. The van der Waals surface area contributed by atoms with Crippen LogP contribution in [-0.4, -0.2) is 23.4 Å². The average Bonchev–Trinajstić information content (AvgIpc) is 2.17. The average molecular weight is 124 g/mol. The van der Waals surface area contributed by atoms with Crippen LogP contribution in [0.1, 0.15) is 0 Å². The van der Waals surface area contributed by atoms with Crippen molar-refractivity contribution in [1.29, 1.82) is 0 Å². The first-order chi connectivity index (χ1) is 4.33. The number of allylic oxidation sites excluding steroid dienone is 1. The van der Waals surface area contributed by atoms with E-state index in [9.17, 15) is 4.79 Å². The Morgan fingerprint density at radius 3 is 3.11 bits per heavy atom. The lowest BCUT2D eigenvalue weighted by molar-refractivity contribution is -0.115. The van der Waals surface area contributed by atoms with Crippen LogP contribution in [0.4, 0.5) is 0 Å². The molecule has 0 N–H and O–H groups in total. The fourth-order valence-electron chi connectivity index (χ4n) is 0.528. The van der Waals surface area contributed by atoms with Crippen molar-refractivity contribution >= 4 is 12.0 Å². The first-order valence-corrected chi connectivity index (χ1v) is 2.37. The summed E-state index contributed by atoms with van der Waals surface area (Å²) in [4.78, 5) is 13.1. The van der Waals surface area contributed by atoms with E-state index in [0.717, 1.165) is 6.21 Å². The highest BCUT2D eigenvalue weighted by Gasteiger charge is 2.12. The Kier molecular flexibility index (Phi) is 1.42. The maximum atomic E-state index is 10.4. The molecule has 4 nitrogen and oxygen atoms in total. The maximum Gasteiger partial charge on any atom is 0.322 e. The van der Waals surface area contributed by atoms with Crippen molar-refractivity contribution in [2.75, 3.05) is 6.61 Å². The van der Waals surface area contributed by atoms with E-state index in [0.29, 0.717) is 5.76 Å². The van der Waals surface area contributed by atoms with Crippen molar-refractivity contribution < 1.29 is 14.3 Å². The third kappa shape index (κ3) is 1.24. The van der Waals surface area contributed by atoms with E-state index in [-0.39, 0.29) is 12.4 Å². The van der Waals surface area contributed by atoms with Gasteiger partial charge in [-0.2, -0.15) is 4.79 Å². The molecule has 0 aromatic carbocycles. The van der Waals surface area contributed by atoms with Gasteiger partial charge in [-0.25, -0.2) is 0 Å². The molecule has 4 heteroatoms. The lowest BCUT2D eigenvalue weighted by Gasteiger charge is -1.85. The van der Waals surface area contributed by atoms with Crippen molar-refractivity contribution in [3.8, 4) is 0 Å². The number of ketones is 1. The molecule has 0 aromatic heterocycles. The van der Waals surface area contributed by atoms with Crippen molar-refractivity contribution in [1.82, 2.24) is 0 Å². The van der Waals surface area contributed by atoms with Crippen LogP contribution in [0.25, 0.3) is 5.53 Å². The second-order valence-electron chi connectivity index (χ2n) is 1.55. The molecule has 1 heterocycles. The van der Waals surface area contributed by atoms with Crippen LogP contribution in [0.15, 0.2) is 11.8 Å². The number of ether oxygens (including phenoxy) is 1. The predicted octanol–water partition coefficient (Wildman–Crippen LogP) is -0.230. The zero-order valence-electron chi connectivity index (χ0n) is 4.57. The highest BCUT2D eigenvalue weighted by molar-refractivity contribution is 5.97. The molecule has 9 heavy (non-hydrogen) atoms. The van der Waals surface area contributed by atoms with Gasteiger partial charge in [0.25, 0.3) is 0 Å². The van der Waals surface area contributed by atoms with Crippen LogP contribution in [-0.2, 0) is 9.53 Å². The highest BCUT2D eigenvalue weighted by atomic mass is 16.5. The molecule has 1 aliphatic rings. The summed E-state index contributed by atoms with van der Waals surface area (Å²) in [5, 5.41) is 0. The first kappa shape index (κ1) is 5.72. The monoisotopic (exact) mass is 124 g/mol. The van der Waals surface area contributed by atoms with Crippen LogP contribution in [0.3, 0.4) is 0 Å². The zero-order chi connectivity index (χ0) is 6.69. The molecule has 1 rings (SSSR count). The van der Waals surface area contributed by atoms with Gasteiger partial charge in [-0.3, -0.25) is 4.79 Å². The number of rotatable bonds is 1. The van der Waals surface area contributed by atoms with E-state index in [1.54, 1.807) is 0 Å². The summed E-state index contributed by atoms with van der Waals surface area (Å²) < 4.78 is 4.71. The summed E-state index contributed by atoms with van der Waals surface area (Å²) in [6.45, 7) is 0.0569. The lowest BCUT2D eigenvalue weighted by Crippen LogP contribution is -1.93. The Bertz CT molecular complexity index is 213. The molecule has 0 saturated heterocycles. The second-order valence-corrected chi connectivity index (χ2v) is 1.55. The SMILES string of the molecule is [N-]=[N+]=CC1=CC(=O)CO1. The normalized spacial score (nSPS) is 16.0. The van der Waals surface area contributed by atoms with Crippen molar-refractivity contribution in [2.45, 2.75) is 0 Å². The Morgan fingerprint density at radius 2 is 2.67 bits per heavy atom. The molecule has 46 valence electrons. The summed E-state index contributed by atoms with van der Waals surface area (Å²) >= 11 is 0. The third-order valence-corrected chi connectivity index (χ3v) is 0.869. The number of hydrogen-bond acceptors (Lipinski definition) is 2. The Balaban J connectivity index is 2.73. The minimum Gasteiger partial charge on any atom is -0.478 e. The Labute approximate surface area is 51.4 Å². The van der Waals surface area contributed by atoms with Crippen LogP contribution >= 0.6 is 0 Å².